The zero-order chi connectivity index (χ0) is 11.9. The summed E-state index contributed by atoms with van der Waals surface area (Å²) in [7, 11) is 0. The van der Waals surface area contributed by atoms with Crippen LogP contribution >= 0.6 is 31.9 Å². The van der Waals surface area contributed by atoms with Crippen LogP contribution in [0.25, 0.3) is 0 Å². The van der Waals surface area contributed by atoms with E-state index in [9.17, 15) is 14.7 Å². The number of amides is 1. The maximum atomic E-state index is 11.7. The maximum Gasteiger partial charge on any atom is 0.261 e. The fourth-order valence-corrected chi connectivity index (χ4v) is 3.30. The highest BCUT2D eigenvalue weighted by atomic mass is 79.9. The van der Waals surface area contributed by atoms with E-state index >= 15 is 0 Å². The molecule has 0 fully saturated rings. The molecule has 16 heavy (non-hydrogen) atoms. The van der Waals surface area contributed by atoms with Gasteiger partial charge < -0.3 is 15.2 Å². The van der Waals surface area contributed by atoms with Crippen molar-refractivity contribution in [2.75, 3.05) is 5.32 Å². The Bertz CT molecular complexity index is 489. The SMILES string of the molecule is O=CC[C@]1(O)C(=O)Nc2cc(Br)cc(Br)c21. The fraction of sp³-hybridized carbons (Fsp3) is 0.200. The molecule has 1 aromatic rings. The predicted molar refractivity (Wildman–Crippen MR) is 65.0 cm³/mol. The molecule has 0 saturated heterocycles. The van der Waals surface area contributed by atoms with Crippen molar-refractivity contribution in [2.45, 2.75) is 12.0 Å². The van der Waals surface area contributed by atoms with E-state index in [1.165, 1.54) is 0 Å². The molecule has 1 heterocycles. The Kier molecular flexibility index (Phi) is 2.90. The van der Waals surface area contributed by atoms with E-state index in [0.717, 1.165) is 4.47 Å². The van der Waals surface area contributed by atoms with E-state index in [1.54, 1.807) is 12.1 Å². The Morgan fingerprint density at radius 2 is 2.12 bits per heavy atom. The minimum Gasteiger partial charge on any atom is -0.375 e. The molecule has 0 unspecified atom stereocenters. The second-order valence-corrected chi connectivity index (χ2v) is 5.27. The first kappa shape index (κ1) is 11.8. The molecule has 2 rings (SSSR count). The molecule has 0 aliphatic carbocycles. The lowest BCUT2D eigenvalue weighted by Crippen LogP contribution is -2.34. The second-order valence-electron chi connectivity index (χ2n) is 3.50. The molecule has 1 aliphatic heterocycles. The van der Waals surface area contributed by atoms with Gasteiger partial charge in [-0.15, -0.1) is 0 Å². The summed E-state index contributed by atoms with van der Waals surface area (Å²) in [6.45, 7) is 0. The van der Waals surface area contributed by atoms with Crippen LogP contribution in [0.5, 0.6) is 0 Å². The number of benzene rings is 1. The summed E-state index contributed by atoms with van der Waals surface area (Å²) < 4.78 is 1.35. The van der Waals surface area contributed by atoms with Crippen molar-refractivity contribution in [2.24, 2.45) is 0 Å². The van der Waals surface area contributed by atoms with E-state index < -0.39 is 11.5 Å². The average Bonchev–Trinajstić information content (AvgIpc) is 2.38. The van der Waals surface area contributed by atoms with Crippen molar-refractivity contribution < 1.29 is 14.7 Å². The molecule has 1 amide bonds. The van der Waals surface area contributed by atoms with Crippen molar-refractivity contribution in [3.8, 4) is 0 Å². The Morgan fingerprint density at radius 3 is 2.75 bits per heavy atom. The molecule has 84 valence electrons. The average molecular weight is 349 g/mol. The second kappa shape index (κ2) is 3.94. The quantitative estimate of drug-likeness (QED) is 0.803. The van der Waals surface area contributed by atoms with Gasteiger partial charge in [-0.05, 0) is 12.1 Å². The molecular formula is C10H7Br2NO3. The number of anilines is 1. The number of halogens is 2. The van der Waals surface area contributed by atoms with Gasteiger partial charge in [0.1, 0.15) is 6.29 Å². The molecule has 1 aliphatic rings. The van der Waals surface area contributed by atoms with Crippen LogP contribution in [0.4, 0.5) is 5.69 Å². The summed E-state index contributed by atoms with van der Waals surface area (Å²) >= 11 is 6.55. The first-order valence-electron chi connectivity index (χ1n) is 4.46. The number of carbonyl (C=O) groups excluding carboxylic acids is 2. The van der Waals surface area contributed by atoms with E-state index in [4.69, 9.17) is 0 Å². The number of aldehydes is 1. The Labute approximate surface area is 108 Å². The monoisotopic (exact) mass is 347 g/mol. The number of hydrogen-bond donors (Lipinski definition) is 2. The number of rotatable bonds is 2. The van der Waals surface area contributed by atoms with Gasteiger partial charge in [0, 0.05) is 26.6 Å². The molecule has 0 radical (unpaired) electrons. The summed E-state index contributed by atoms with van der Waals surface area (Å²) in [5, 5.41) is 12.7. The third-order valence-corrected chi connectivity index (χ3v) is 3.55. The molecule has 6 heteroatoms. The molecule has 0 saturated carbocycles. The van der Waals surface area contributed by atoms with E-state index in [1.807, 2.05) is 0 Å². The molecule has 1 atom stereocenters. The first-order chi connectivity index (χ1) is 7.49. The van der Waals surface area contributed by atoms with Crippen molar-refractivity contribution in [3.63, 3.8) is 0 Å². The van der Waals surface area contributed by atoms with Gasteiger partial charge in [0.05, 0.1) is 0 Å². The van der Waals surface area contributed by atoms with Gasteiger partial charge in [-0.1, -0.05) is 31.9 Å². The lowest BCUT2D eigenvalue weighted by molar-refractivity contribution is -0.137. The van der Waals surface area contributed by atoms with Crippen LogP contribution in [0.3, 0.4) is 0 Å². The summed E-state index contributed by atoms with van der Waals surface area (Å²) in [4.78, 5) is 22.2. The van der Waals surface area contributed by atoms with Crippen molar-refractivity contribution in [1.82, 2.24) is 0 Å². The molecule has 0 bridgehead atoms. The van der Waals surface area contributed by atoms with Crippen LogP contribution in [-0.4, -0.2) is 17.3 Å². The molecule has 0 spiro atoms. The molecule has 0 aromatic heterocycles. The minimum atomic E-state index is -1.77. The zero-order valence-electron chi connectivity index (χ0n) is 7.96. The number of aliphatic hydroxyl groups is 1. The Morgan fingerprint density at radius 1 is 1.44 bits per heavy atom. The first-order valence-corrected chi connectivity index (χ1v) is 6.04. The smallest absolute Gasteiger partial charge is 0.261 e. The normalized spacial score (nSPS) is 22.8. The van der Waals surface area contributed by atoms with E-state index in [2.05, 4.69) is 37.2 Å². The largest absolute Gasteiger partial charge is 0.375 e. The third-order valence-electron chi connectivity index (χ3n) is 2.47. The van der Waals surface area contributed by atoms with Gasteiger partial charge in [0.25, 0.3) is 5.91 Å². The third kappa shape index (κ3) is 1.61. The topological polar surface area (TPSA) is 66.4 Å². The van der Waals surface area contributed by atoms with E-state index in [-0.39, 0.29) is 6.42 Å². The number of hydrogen-bond acceptors (Lipinski definition) is 3. The predicted octanol–water partition coefficient (Wildman–Crippen LogP) is 1.94. The van der Waals surface area contributed by atoms with Crippen molar-refractivity contribution in [1.29, 1.82) is 0 Å². The summed E-state index contributed by atoms with van der Waals surface area (Å²) in [5.74, 6) is -0.576. The summed E-state index contributed by atoms with van der Waals surface area (Å²) in [5.41, 5.74) is -0.847. The highest BCUT2D eigenvalue weighted by Crippen LogP contribution is 2.43. The molecule has 4 nitrogen and oxygen atoms in total. The van der Waals surface area contributed by atoms with Crippen molar-refractivity contribution >= 4 is 49.7 Å². The van der Waals surface area contributed by atoms with Gasteiger partial charge >= 0.3 is 0 Å². The molecular weight excluding hydrogens is 342 g/mol. The van der Waals surface area contributed by atoms with Crippen LogP contribution in [0.2, 0.25) is 0 Å². The van der Waals surface area contributed by atoms with Crippen LogP contribution in [0.1, 0.15) is 12.0 Å². The van der Waals surface area contributed by atoms with Crippen LogP contribution in [-0.2, 0) is 15.2 Å². The highest BCUT2D eigenvalue weighted by molar-refractivity contribution is 9.11. The fourth-order valence-electron chi connectivity index (χ4n) is 1.75. The van der Waals surface area contributed by atoms with Gasteiger partial charge in [-0.25, -0.2) is 0 Å². The van der Waals surface area contributed by atoms with Crippen LogP contribution in [0.15, 0.2) is 21.1 Å². The summed E-state index contributed by atoms with van der Waals surface area (Å²) in [6.07, 6.45) is 0.273. The van der Waals surface area contributed by atoms with Crippen LogP contribution < -0.4 is 5.32 Å². The van der Waals surface area contributed by atoms with Crippen LogP contribution in [0, 0.1) is 0 Å². The molecule has 1 aromatic carbocycles. The minimum absolute atomic E-state index is 0.258. The van der Waals surface area contributed by atoms with Gasteiger partial charge in [-0.3, -0.25) is 4.79 Å². The molecule has 2 N–H and O–H groups in total. The maximum absolute atomic E-state index is 11.7. The van der Waals surface area contributed by atoms with Crippen molar-refractivity contribution in [3.05, 3.63) is 26.6 Å². The Balaban J connectivity index is 2.65. The van der Waals surface area contributed by atoms with Gasteiger partial charge in [0.2, 0.25) is 0 Å². The number of fused-ring (bicyclic) bond motifs is 1. The zero-order valence-corrected chi connectivity index (χ0v) is 11.1. The number of carbonyl (C=O) groups is 2. The van der Waals surface area contributed by atoms with Gasteiger partial charge in [0.15, 0.2) is 5.60 Å². The standard InChI is InChI=1S/C10H7Br2NO3/c11-5-3-6(12)8-7(4-5)13-9(15)10(8,16)1-2-14/h2-4,16H,1H2,(H,13,15)/t10-/m1/s1. The Hall–Kier alpha value is -0.720. The lowest BCUT2D eigenvalue weighted by Gasteiger charge is -2.18. The van der Waals surface area contributed by atoms with Gasteiger partial charge in [-0.2, -0.15) is 0 Å². The number of nitrogens with one attached hydrogen (secondary N) is 1. The lowest BCUT2D eigenvalue weighted by atomic mass is 9.92. The highest BCUT2D eigenvalue weighted by Gasteiger charge is 2.46. The summed E-state index contributed by atoms with van der Waals surface area (Å²) in [6, 6.07) is 3.40. The van der Waals surface area contributed by atoms with E-state index in [0.29, 0.717) is 22.0 Å².